The maximum absolute atomic E-state index is 10.2. The molecule has 96 valence electrons. The van der Waals surface area contributed by atoms with E-state index in [2.05, 4.69) is 11.0 Å². The fraction of sp³-hybridized carbons (Fsp3) is 0.500. The lowest BCUT2D eigenvalue weighted by atomic mass is 10.1. The molecule has 0 aliphatic carbocycles. The van der Waals surface area contributed by atoms with Crippen molar-refractivity contribution in [3.63, 3.8) is 0 Å². The van der Waals surface area contributed by atoms with Crippen LogP contribution in [0.1, 0.15) is 24.2 Å². The standard InChI is InChI=1S/C14H18N2O2/c1-11-9-16(6-7-18-11)10-14(17)13-4-2-12(8-15)3-5-13/h2-5,11,14,17H,6-7,9-10H2,1H3. The fourth-order valence-corrected chi connectivity index (χ4v) is 2.19. The first-order chi connectivity index (χ1) is 8.69. The van der Waals surface area contributed by atoms with Gasteiger partial charge in [0, 0.05) is 19.6 Å². The Balaban J connectivity index is 1.94. The van der Waals surface area contributed by atoms with Crippen LogP contribution in [0.25, 0.3) is 0 Å². The van der Waals surface area contributed by atoms with Gasteiger partial charge in [0.2, 0.25) is 0 Å². The van der Waals surface area contributed by atoms with Gasteiger partial charge >= 0.3 is 0 Å². The summed E-state index contributed by atoms with van der Waals surface area (Å²) in [6.45, 7) is 5.09. The van der Waals surface area contributed by atoms with Crippen LogP contribution in [-0.2, 0) is 4.74 Å². The molecule has 0 spiro atoms. The van der Waals surface area contributed by atoms with Crippen LogP contribution in [-0.4, -0.2) is 42.4 Å². The average molecular weight is 246 g/mol. The van der Waals surface area contributed by atoms with Crippen molar-refractivity contribution in [3.8, 4) is 6.07 Å². The lowest BCUT2D eigenvalue weighted by molar-refractivity contribution is -0.0319. The Kier molecular flexibility index (Phi) is 4.32. The monoisotopic (exact) mass is 246 g/mol. The van der Waals surface area contributed by atoms with Crippen LogP contribution in [0.3, 0.4) is 0 Å². The van der Waals surface area contributed by atoms with Crippen molar-refractivity contribution >= 4 is 0 Å². The molecule has 1 aliphatic rings. The van der Waals surface area contributed by atoms with Crippen LogP contribution < -0.4 is 0 Å². The zero-order chi connectivity index (χ0) is 13.0. The fourth-order valence-electron chi connectivity index (χ4n) is 2.19. The molecule has 2 atom stereocenters. The molecular formula is C14H18N2O2. The molecule has 18 heavy (non-hydrogen) atoms. The van der Waals surface area contributed by atoms with Gasteiger partial charge in [-0.25, -0.2) is 0 Å². The summed E-state index contributed by atoms with van der Waals surface area (Å²) in [6.07, 6.45) is -0.282. The van der Waals surface area contributed by atoms with Gasteiger partial charge in [-0.3, -0.25) is 4.90 Å². The maximum atomic E-state index is 10.2. The van der Waals surface area contributed by atoms with Crippen molar-refractivity contribution in [1.29, 1.82) is 5.26 Å². The van der Waals surface area contributed by atoms with E-state index < -0.39 is 6.10 Å². The summed E-state index contributed by atoms with van der Waals surface area (Å²) < 4.78 is 5.47. The second-order valence-electron chi connectivity index (χ2n) is 4.69. The molecule has 2 unspecified atom stereocenters. The summed E-state index contributed by atoms with van der Waals surface area (Å²) in [4.78, 5) is 2.21. The van der Waals surface area contributed by atoms with E-state index in [9.17, 15) is 5.11 Å². The maximum Gasteiger partial charge on any atom is 0.0991 e. The molecule has 0 saturated carbocycles. The summed E-state index contributed by atoms with van der Waals surface area (Å²) in [7, 11) is 0. The van der Waals surface area contributed by atoms with Gasteiger partial charge in [-0.1, -0.05) is 12.1 Å². The van der Waals surface area contributed by atoms with Crippen LogP contribution in [0.4, 0.5) is 0 Å². The number of β-amino-alcohol motifs (C(OH)–C–C–N with tert-alkyl or cyclic N) is 1. The third kappa shape index (κ3) is 3.30. The number of benzene rings is 1. The van der Waals surface area contributed by atoms with E-state index >= 15 is 0 Å². The third-order valence-electron chi connectivity index (χ3n) is 3.18. The SMILES string of the molecule is CC1CN(CC(O)c2ccc(C#N)cc2)CCO1. The number of aliphatic hydroxyl groups is 1. The predicted octanol–water partition coefficient (Wildman–Crippen LogP) is 1.31. The molecule has 1 heterocycles. The lowest BCUT2D eigenvalue weighted by Gasteiger charge is -2.32. The first kappa shape index (κ1) is 13.0. The Morgan fingerprint density at radius 3 is 2.83 bits per heavy atom. The van der Waals surface area contributed by atoms with Crippen molar-refractivity contribution in [2.75, 3.05) is 26.2 Å². The largest absolute Gasteiger partial charge is 0.387 e. The molecule has 1 aliphatic heterocycles. The van der Waals surface area contributed by atoms with Crippen molar-refractivity contribution < 1.29 is 9.84 Å². The Hall–Kier alpha value is -1.41. The van der Waals surface area contributed by atoms with E-state index in [-0.39, 0.29) is 6.10 Å². The van der Waals surface area contributed by atoms with Gasteiger partial charge in [0.05, 0.1) is 30.4 Å². The molecule has 0 radical (unpaired) electrons. The molecule has 1 aromatic rings. The van der Waals surface area contributed by atoms with Crippen molar-refractivity contribution in [2.24, 2.45) is 0 Å². The highest BCUT2D eigenvalue weighted by atomic mass is 16.5. The Morgan fingerprint density at radius 2 is 2.22 bits per heavy atom. The molecule has 0 bridgehead atoms. The number of nitrogens with zero attached hydrogens (tertiary/aromatic N) is 2. The van der Waals surface area contributed by atoms with E-state index in [0.717, 1.165) is 25.3 Å². The predicted molar refractivity (Wildman–Crippen MR) is 68.0 cm³/mol. The number of rotatable bonds is 3. The lowest BCUT2D eigenvalue weighted by Crippen LogP contribution is -2.42. The smallest absolute Gasteiger partial charge is 0.0991 e. The minimum atomic E-state index is -0.511. The van der Waals surface area contributed by atoms with Gasteiger partial charge in [0.15, 0.2) is 0 Å². The molecule has 0 amide bonds. The topological polar surface area (TPSA) is 56.5 Å². The molecule has 2 rings (SSSR count). The highest BCUT2D eigenvalue weighted by molar-refractivity contribution is 5.32. The van der Waals surface area contributed by atoms with Gasteiger partial charge in [0.1, 0.15) is 0 Å². The summed E-state index contributed by atoms with van der Waals surface area (Å²) in [5, 5.41) is 18.9. The Labute approximate surface area is 107 Å². The first-order valence-corrected chi connectivity index (χ1v) is 6.21. The molecule has 0 aromatic heterocycles. The van der Waals surface area contributed by atoms with Crippen molar-refractivity contribution in [1.82, 2.24) is 4.90 Å². The van der Waals surface area contributed by atoms with E-state index in [1.807, 2.05) is 19.1 Å². The van der Waals surface area contributed by atoms with E-state index in [0.29, 0.717) is 12.1 Å². The highest BCUT2D eigenvalue weighted by Gasteiger charge is 2.19. The number of aliphatic hydroxyl groups excluding tert-OH is 1. The second kappa shape index (κ2) is 5.96. The van der Waals surface area contributed by atoms with Crippen LogP contribution in [0.5, 0.6) is 0 Å². The van der Waals surface area contributed by atoms with Crippen molar-refractivity contribution in [2.45, 2.75) is 19.1 Å². The summed E-state index contributed by atoms with van der Waals surface area (Å²) in [6, 6.07) is 9.17. The van der Waals surface area contributed by atoms with Crippen LogP contribution >= 0.6 is 0 Å². The summed E-state index contributed by atoms with van der Waals surface area (Å²) in [5.41, 5.74) is 1.47. The van der Waals surface area contributed by atoms with E-state index in [1.165, 1.54) is 0 Å². The number of ether oxygens (including phenoxy) is 1. The highest BCUT2D eigenvalue weighted by Crippen LogP contribution is 2.16. The Bertz CT molecular complexity index is 424. The molecule has 1 N–H and O–H groups in total. The van der Waals surface area contributed by atoms with E-state index in [4.69, 9.17) is 10.00 Å². The molecule has 1 aromatic carbocycles. The first-order valence-electron chi connectivity index (χ1n) is 6.21. The quantitative estimate of drug-likeness (QED) is 0.873. The van der Waals surface area contributed by atoms with Crippen LogP contribution in [0.15, 0.2) is 24.3 Å². The molecular weight excluding hydrogens is 228 g/mol. The molecule has 1 saturated heterocycles. The minimum Gasteiger partial charge on any atom is -0.387 e. The zero-order valence-electron chi connectivity index (χ0n) is 10.5. The normalized spacial score (nSPS) is 22.4. The van der Waals surface area contributed by atoms with Crippen molar-refractivity contribution in [3.05, 3.63) is 35.4 Å². The van der Waals surface area contributed by atoms with Crippen LogP contribution in [0, 0.1) is 11.3 Å². The molecule has 4 heteroatoms. The number of hydrogen-bond acceptors (Lipinski definition) is 4. The zero-order valence-corrected chi connectivity index (χ0v) is 10.5. The second-order valence-corrected chi connectivity index (χ2v) is 4.69. The summed E-state index contributed by atoms with van der Waals surface area (Å²) in [5.74, 6) is 0. The number of hydrogen-bond donors (Lipinski definition) is 1. The minimum absolute atomic E-state index is 0.229. The summed E-state index contributed by atoms with van der Waals surface area (Å²) >= 11 is 0. The van der Waals surface area contributed by atoms with Gasteiger partial charge in [-0.15, -0.1) is 0 Å². The number of morpholine rings is 1. The Morgan fingerprint density at radius 1 is 1.50 bits per heavy atom. The van der Waals surface area contributed by atoms with E-state index in [1.54, 1.807) is 12.1 Å². The van der Waals surface area contributed by atoms with Gasteiger partial charge in [-0.05, 0) is 24.6 Å². The van der Waals surface area contributed by atoms with Gasteiger partial charge in [0.25, 0.3) is 0 Å². The third-order valence-corrected chi connectivity index (χ3v) is 3.18. The molecule has 1 fully saturated rings. The average Bonchev–Trinajstić information content (AvgIpc) is 2.39. The van der Waals surface area contributed by atoms with Crippen LogP contribution in [0.2, 0.25) is 0 Å². The van der Waals surface area contributed by atoms with Gasteiger partial charge in [-0.2, -0.15) is 5.26 Å². The molecule has 4 nitrogen and oxygen atoms in total. The van der Waals surface area contributed by atoms with Gasteiger partial charge < -0.3 is 9.84 Å². The number of nitriles is 1.